The van der Waals surface area contributed by atoms with Gasteiger partial charge in [-0.05, 0) is 35.7 Å². The summed E-state index contributed by atoms with van der Waals surface area (Å²) in [6.07, 6.45) is 0. The maximum Gasteiger partial charge on any atom is 0.268 e. The van der Waals surface area contributed by atoms with E-state index in [1.165, 1.54) is 6.07 Å². The van der Waals surface area contributed by atoms with Crippen LogP contribution in [0.25, 0.3) is 22.5 Å². The number of phenolic OH excluding ortho intramolecular Hbond substituents is 1. The predicted octanol–water partition coefficient (Wildman–Crippen LogP) is 4.34. The summed E-state index contributed by atoms with van der Waals surface area (Å²) in [5.74, 6) is -0.520. The maximum atomic E-state index is 13.3. The Balaban J connectivity index is 1.82. The lowest BCUT2D eigenvalue weighted by Crippen LogP contribution is -2.20. The SMILES string of the molecule is CCOc1cc(C(c2c(-c3ccccc3)[nH][nH]c2=O)c2c(-c3ccccc3)[nH][nH]c2=O)ccc1O. The first-order valence-electron chi connectivity index (χ1n) is 11.3. The molecule has 0 radical (unpaired) electrons. The van der Waals surface area contributed by atoms with E-state index >= 15 is 0 Å². The molecule has 0 atom stereocenters. The van der Waals surface area contributed by atoms with Gasteiger partial charge in [0.05, 0.1) is 29.1 Å². The minimum atomic E-state index is -0.773. The first-order valence-corrected chi connectivity index (χ1v) is 11.3. The minimum absolute atomic E-state index is 0.0214. The molecule has 0 fully saturated rings. The van der Waals surface area contributed by atoms with Crippen molar-refractivity contribution in [2.24, 2.45) is 0 Å². The Bertz CT molecular complexity index is 1470. The molecule has 0 aliphatic rings. The lowest BCUT2D eigenvalue weighted by Gasteiger charge is -2.19. The second-order valence-electron chi connectivity index (χ2n) is 8.06. The van der Waals surface area contributed by atoms with Crippen LogP contribution in [0.3, 0.4) is 0 Å². The zero-order valence-corrected chi connectivity index (χ0v) is 19.0. The number of aromatic nitrogens is 4. The van der Waals surface area contributed by atoms with E-state index in [2.05, 4.69) is 20.4 Å². The lowest BCUT2D eigenvalue weighted by atomic mass is 9.83. The van der Waals surface area contributed by atoms with Gasteiger partial charge < -0.3 is 9.84 Å². The quantitative estimate of drug-likeness (QED) is 0.244. The first kappa shape index (κ1) is 22.1. The number of benzene rings is 3. The molecule has 0 aliphatic heterocycles. The fourth-order valence-electron chi connectivity index (χ4n) is 4.41. The van der Waals surface area contributed by atoms with Gasteiger partial charge in [0.15, 0.2) is 11.5 Å². The summed E-state index contributed by atoms with van der Waals surface area (Å²) in [4.78, 5) is 26.5. The maximum absolute atomic E-state index is 13.3. The van der Waals surface area contributed by atoms with Gasteiger partial charge in [-0.2, -0.15) is 0 Å². The van der Waals surface area contributed by atoms with E-state index in [-0.39, 0.29) is 22.6 Å². The summed E-state index contributed by atoms with van der Waals surface area (Å²) in [6, 6.07) is 23.8. The van der Waals surface area contributed by atoms with Crippen molar-refractivity contribution in [3.05, 3.63) is 116 Å². The fraction of sp³-hybridized carbons (Fsp3) is 0.111. The van der Waals surface area contributed by atoms with E-state index in [4.69, 9.17) is 4.74 Å². The fourth-order valence-corrected chi connectivity index (χ4v) is 4.41. The normalized spacial score (nSPS) is 11.1. The molecule has 176 valence electrons. The summed E-state index contributed by atoms with van der Waals surface area (Å²) in [7, 11) is 0. The Hall–Kier alpha value is -4.72. The number of ether oxygens (including phenoxy) is 1. The molecule has 0 unspecified atom stereocenters. The van der Waals surface area contributed by atoms with Crippen molar-refractivity contribution in [1.29, 1.82) is 0 Å². The Kier molecular flexibility index (Phi) is 5.85. The molecule has 0 bridgehead atoms. The Morgan fingerprint density at radius 1 is 0.743 bits per heavy atom. The van der Waals surface area contributed by atoms with Crippen LogP contribution >= 0.6 is 0 Å². The molecule has 0 amide bonds. The van der Waals surface area contributed by atoms with E-state index < -0.39 is 5.92 Å². The molecule has 2 heterocycles. The number of H-pyrrole nitrogens is 4. The second-order valence-corrected chi connectivity index (χ2v) is 8.06. The minimum Gasteiger partial charge on any atom is -0.504 e. The van der Waals surface area contributed by atoms with E-state index in [9.17, 15) is 14.7 Å². The van der Waals surface area contributed by atoms with Crippen LogP contribution in [-0.4, -0.2) is 32.1 Å². The summed E-state index contributed by atoms with van der Waals surface area (Å²) in [5, 5.41) is 21.7. The number of rotatable bonds is 7. The largest absolute Gasteiger partial charge is 0.504 e. The van der Waals surface area contributed by atoms with Crippen molar-refractivity contribution in [2.45, 2.75) is 12.8 Å². The lowest BCUT2D eigenvalue weighted by molar-refractivity contribution is 0.317. The van der Waals surface area contributed by atoms with Crippen LogP contribution in [0.4, 0.5) is 0 Å². The number of aromatic amines is 4. The summed E-state index contributed by atoms with van der Waals surface area (Å²) in [5.41, 5.74) is 3.43. The molecule has 0 spiro atoms. The molecule has 2 aromatic heterocycles. The number of hydrogen-bond donors (Lipinski definition) is 5. The standard InChI is InChI=1S/C27H24N4O4/c1-2-35-20-15-18(13-14-19(20)32)21(22-24(28-30-26(22)33)16-9-5-3-6-10-16)23-25(29-31-27(23)34)17-11-7-4-8-12-17/h3-15,21,32H,2H2,1H3,(H2,28,30,33)(H2,29,31,34). The van der Waals surface area contributed by atoms with E-state index in [1.54, 1.807) is 12.1 Å². The van der Waals surface area contributed by atoms with Gasteiger partial charge in [-0.1, -0.05) is 66.7 Å². The molecular formula is C27H24N4O4. The third kappa shape index (κ3) is 4.06. The van der Waals surface area contributed by atoms with Crippen molar-refractivity contribution in [3.8, 4) is 34.0 Å². The molecule has 3 aromatic carbocycles. The monoisotopic (exact) mass is 468 g/mol. The molecule has 0 aliphatic carbocycles. The number of phenols is 1. The molecule has 35 heavy (non-hydrogen) atoms. The Morgan fingerprint density at radius 2 is 1.26 bits per heavy atom. The van der Waals surface area contributed by atoms with Gasteiger partial charge in [0.25, 0.3) is 11.1 Å². The van der Waals surface area contributed by atoms with Crippen LogP contribution < -0.4 is 15.9 Å². The van der Waals surface area contributed by atoms with Crippen LogP contribution in [-0.2, 0) is 0 Å². The number of nitrogens with one attached hydrogen (secondary N) is 4. The van der Waals surface area contributed by atoms with E-state index in [1.807, 2.05) is 67.6 Å². The van der Waals surface area contributed by atoms with Crippen LogP contribution in [0.15, 0.2) is 88.5 Å². The zero-order valence-electron chi connectivity index (χ0n) is 19.0. The van der Waals surface area contributed by atoms with Crippen molar-refractivity contribution < 1.29 is 9.84 Å². The molecule has 0 saturated heterocycles. The van der Waals surface area contributed by atoms with Gasteiger partial charge in [-0.3, -0.25) is 30.0 Å². The highest BCUT2D eigenvalue weighted by Crippen LogP contribution is 2.40. The molecule has 0 saturated carbocycles. The molecule has 5 rings (SSSR count). The van der Waals surface area contributed by atoms with Crippen molar-refractivity contribution >= 4 is 0 Å². The van der Waals surface area contributed by atoms with Crippen LogP contribution in [0, 0.1) is 0 Å². The average Bonchev–Trinajstić information content (AvgIpc) is 3.46. The number of aromatic hydroxyl groups is 1. The van der Waals surface area contributed by atoms with Gasteiger partial charge in [0, 0.05) is 5.92 Å². The van der Waals surface area contributed by atoms with Crippen LogP contribution in [0.2, 0.25) is 0 Å². The van der Waals surface area contributed by atoms with Gasteiger partial charge >= 0.3 is 0 Å². The Labute approximate surface area is 200 Å². The van der Waals surface area contributed by atoms with E-state index in [0.717, 1.165) is 11.1 Å². The molecule has 5 aromatic rings. The summed E-state index contributed by atoms with van der Waals surface area (Å²) in [6.45, 7) is 2.17. The summed E-state index contributed by atoms with van der Waals surface area (Å²) >= 11 is 0. The van der Waals surface area contributed by atoms with Gasteiger partial charge in [0.1, 0.15) is 0 Å². The number of hydrogen-bond acceptors (Lipinski definition) is 4. The predicted molar refractivity (Wildman–Crippen MR) is 134 cm³/mol. The summed E-state index contributed by atoms with van der Waals surface area (Å²) < 4.78 is 5.61. The topological polar surface area (TPSA) is 127 Å². The highest BCUT2D eigenvalue weighted by molar-refractivity contribution is 5.70. The molecule has 8 nitrogen and oxygen atoms in total. The van der Waals surface area contributed by atoms with Crippen molar-refractivity contribution in [3.63, 3.8) is 0 Å². The Morgan fingerprint density at radius 3 is 1.74 bits per heavy atom. The van der Waals surface area contributed by atoms with Crippen LogP contribution in [0.1, 0.15) is 29.5 Å². The van der Waals surface area contributed by atoms with Crippen LogP contribution in [0.5, 0.6) is 11.5 Å². The molecule has 5 N–H and O–H groups in total. The van der Waals surface area contributed by atoms with Gasteiger partial charge in [-0.25, -0.2) is 0 Å². The zero-order chi connectivity index (χ0) is 24.4. The average molecular weight is 469 g/mol. The second kappa shape index (κ2) is 9.26. The molecule has 8 heteroatoms. The third-order valence-electron chi connectivity index (χ3n) is 5.95. The smallest absolute Gasteiger partial charge is 0.268 e. The third-order valence-corrected chi connectivity index (χ3v) is 5.95. The molecular weight excluding hydrogens is 444 g/mol. The van der Waals surface area contributed by atoms with Crippen molar-refractivity contribution in [1.82, 2.24) is 20.4 Å². The highest BCUT2D eigenvalue weighted by Gasteiger charge is 2.31. The van der Waals surface area contributed by atoms with Gasteiger partial charge in [-0.15, -0.1) is 0 Å². The first-order chi connectivity index (χ1) is 17.1. The highest BCUT2D eigenvalue weighted by atomic mass is 16.5. The van der Waals surface area contributed by atoms with Crippen molar-refractivity contribution in [2.75, 3.05) is 6.61 Å². The van der Waals surface area contributed by atoms with Gasteiger partial charge in [0.2, 0.25) is 0 Å². The van der Waals surface area contributed by atoms with E-state index in [0.29, 0.717) is 34.7 Å².